The summed E-state index contributed by atoms with van der Waals surface area (Å²) in [6.45, 7) is 4.91. The van der Waals surface area contributed by atoms with Crippen LogP contribution in [0.15, 0.2) is 84.6 Å². The molecule has 3 N–H and O–H groups in total. The minimum atomic E-state index is -0.828. The summed E-state index contributed by atoms with van der Waals surface area (Å²) in [6.07, 6.45) is 1.64. The molecule has 0 bridgehead atoms. The highest BCUT2D eigenvalue weighted by atomic mass is 16.5. The number of fused-ring (bicyclic) bond motifs is 1. The Kier molecular flexibility index (Phi) is 6.44. The fourth-order valence-electron chi connectivity index (χ4n) is 4.61. The number of aliphatic hydroxyl groups is 1. The molecule has 1 amide bonds. The zero-order valence-corrected chi connectivity index (χ0v) is 20.6. The quantitative estimate of drug-likeness (QED) is 0.177. The van der Waals surface area contributed by atoms with E-state index in [0.717, 1.165) is 22.2 Å². The number of benzene rings is 3. The van der Waals surface area contributed by atoms with Gasteiger partial charge in [0.1, 0.15) is 17.3 Å². The average Bonchev–Trinajstić information content (AvgIpc) is 3.43. The average molecular weight is 497 g/mol. The van der Waals surface area contributed by atoms with Crippen molar-refractivity contribution >= 4 is 28.4 Å². The number of ether oxygens (including phenoxy) is 1. The fourth-order valence-corrected chi connectivity index (χ4v) is 4.61. The second-order valence-corrected chi connectivity index (χ2v) is 9.62. The van der Waals surface area contributed by atoms with Crippen molar-refractivity contribution in [2.75, 3.05) is 6.61 Å². The third-order valence-corrected chi connectivity index (χ3v) is 6.45. The maximum absolute atomic E-state index is 13.3. The number of aromatic hydroxyl groups is 1. The Labute approximate surface area is 214 Å². The molecule has 1 aliphatic rings. The van der Waals surface area contributed by atoms with Gasteiger partial charge in [-0.1, -0.05) is 56.3 Å². The second-order valence-electron chi connectivity index (χ2n) is 9.62. The first kappa shape index (κ1) is 24.2. The molecule has 1 saturated heterocycles. The Balaban J connectivity index is 1.55. The number of para-hydroxylation sites is 1. The normalized spacial score (nSPS) is 17.2. The van der Waals surface area contributed by atoms with Gasteiger partial charge in [0.05, 0.1) is 18.2 Å². The zero-order chi connectivity index (χ0) is 26.1. The van der Waals surface area contributed by atoms with Crippen LogP contribution in [0.1, 0.15) is 36.6 Å². The number of carbonyl (C=O) groups is 2. The van der Waals surface area contributed by atoms with E-state index in [1.807, 2.05) is 48.5 Å². The topological polar surface area (TPSA) is 103 Å². The van der Waals surface area contributed by atoms with Gasteiger partial charge in [0, 0.05) is 29.2 Å². The molecule has 1 aromatic heterocycles. The summed E-state index contributed by atoms with van der Waals surface area (Å²) in [7, 11) is 0. The van der Waals surface area contributed by atoms with Gasteiger partial charge in [-0.2, -0.15) is 0 Å². The summed E-state index contributed by atoms with van der Waals surface area (Å²) >= 11 is 0. The van der Waals surface area contributed by atoms with E-state index in [4.69, 9.17) is 4.74 Å². The lowest BCUT2D eigenvalue weighted by atomic mass is 9.95. The maximum atomic E-state index is 13.3. The number of rotatable bonds is 7. The number of nitrogens with zero attached hydrogens (tertiary/aromatic N) is 1. The van der Waals surface area contributed by atoms with Crippen LogP contribution in [0.5, 0.6) is 11.5 Å². The molecule has 4 aromatic rings. The summed E-state index contributed by atoms with van der Waals surface area (Å²) in [6, 6.07) is 20.3. The number of hydrogen-bond acceptors (Lipinski definition) is 5. The molecule has 37 heavy (non-hydrogen) atoms. The Bertz CT molecular complexity index is 1480. The van der Waals surface area contributed by atoms with Crippen molar-refractivity contribution in [3.63, 3.8) is 0 Å². The molecule has 3 aromatic carbocycles. The minimum absolute atomic E-state index is 0.0114. The van der Waals surface area contributed by atoms with Gasteiger partial charge in [0.15, 0.2) is 0 Å². The van der Waals surface area contributed by atoms with Crippen LogP contribution in [0.25, 0.3) is 16.7 Å². The first-order valence-electron chi connectivity index (χ1n) is 12.2. The van der Waals surface area contributed by atoms with Crippen molar-refractivity contribution in [1.29, 1.82) is 0 Å². The van der Waals surface area contributed by atoms with Crippen LogP contribution in [-0.2, 0) is 16.1 Å². The van der Waals surface area contributed by atoms with E-state index in [2.05, 4.69) is 18.8 Å². The van der Waals surface area contributed by atoms with Crippen molar-refractivity contribution in [3.8, 4) is 11.5 Å². The Morgan fingerprint density at radius 3 is 2.41 bits per heavy atom. The molecule has 1 atom stereocenters. The molecule has 7 nitrogen and oxygen atoms in total. The van der Waals surface area contributed by atoms with E-state index in [-0.39, 0.29) is 23.6 Å². The number of carbonyl (C=O) groups excluding carboxylic acids is 2. The maximum Gasteiger partial charge on any atom is 0.295 e. The van der Waals surface area contributed by atoms with Gasteiger partial charge in [-0.05, 0) is 47.4 Å². The number of aromatic nitrogens is 1. The Hall–Kier alpha value is -4.52. The van der Waals surface area contributed by atoms with Gasteiger partial charge >= 0.3 is 0 Å². The van der Waals surface area contributed by atoms with Gasteiger partial charge in [-0.25, -0.2) is 0 Å². The third-order valence-electron chi connectivity index (χ3n) is 6.45. The molecule has 1 unspecified atom stereocenters. The highest BCUT2D eigenvalue weighted by Gasteiger charge is 2.46. The number of aromatic amines is 1. The number of amides is 1. The lowest BCUT2D eigenvalue weighted by Crippen LogP contribution is -2.29. The van der Waals surface area contributed by atoms with Gasteiger partial charge in [0.2, 0.25) is 0 Å². The first-order chi connectivity index (χ1) is 17.8. The van der Waals surface area contributed by atoms with E-state index in [1.165, 1.54) is 17.0 Å². The van der Waals surface area contributed by atoms with Crippen LogP contribution >= 0.6 is 0 Å². The predicted molar refractivity (Wildman–Crippen MR) is 141 cm³/mol. The summed E-state index contributed by atoms with van der Waals surface area (Å²) < 4.78 is 5.76. The van der Waals surface area contributed by atoms with Crippen LogP contribution in [0.4, 0.5) is 0 Å². The van der Waals surface area contributed by atoms with Crippen molar-refractivity contribution in [1.82, 2.24) is 9.88 Å². The minimum Gasteiger partial charge on any atom is -0.508 e. The highest BCUT2D eigenvalue weighted by molar-refractivity contribution is 6.46. The number of Topliss-reactive ketones (excluding diaryl/α,β-unsaturated/α-hetero) is 1. The summed E-state index contributed by atoms with van der Waals surface area (Å²) in [5.74, 6) is -0.497. The van der Waals surface area contributed by atoms with Crippen molar-refractivity contribution in [2.24, 2.45) is 5.92 Å². The van der Waals surface area contributed by atoms with E-state index in [1.54, 1.807) is 18.3 Å². The molecule has 0 radical (unpaired) electrons. The Morgan fingerprint density at radius 1 is 1.00 bits per heavy atom. The third kappa shape index (κ3) is 4.68. The molecule has 1 aliphatic heterocycles. The van der Waals surface area contributed by atoms with E-state index >= 15 is 0 Å². The monoisotopic (exact) mass is 496 g/mol. The van der Waals surface area contributed by atoms with Crippen LogP contribution < -0.4 is 4.74 Å². The van der Waals surface area contributed by atoms with Crippen LogP contribution in [-0.4, -0.2) is 38.4 Å². The van der Waals surface area contributed by atoms with Crippen molar-refractivity contribution in [2.45, 2.75) is 26.4 Å². The molecule has 7 heteroatoms. The SMILES string of the molecule is CC(C)COc1ccc(CN2C(=O)C(=O)/C(=C(\O)c3c[nH]c4ccccc34)C2c2ccc(O)cc2)cc1. The number of H-pyrrole nitrogens is 1. The summed E-state index contributed by atoms with van der Waals surface area (Å²) in [5, 5.41) is 22.0. The smallest absolute Gasteiger partial charge is 0.295 e. The van der Waals surface area contributed by atoms with Gasteiger partial charge in [-0.15, -0.1) is 0 Å². The largest absolute Gasteiger partial charge is 0.508 e. The molecule has 0 spiro atoms. The molecule has 0 saturated carbocycles. The van der Waals surface area contributed by atoms with E-state index < -0.39 is 17.7 Å². The van der Waals surface area contributed by atoms with Crippen LogP contribution in [0.3, 0.4) is 0 Å². The Morgan fingerprint density at radius 2 is 1.70 bits per heavy atom. The lowest BCUT2D eigenvalue weighted by molar-refractivity contribution is -0.140. The highest BCUT2D eigenvalue weighted by Crippen LogP contribution is 2.41. The number of hydrogen-bond donors (Lipinski definition) is 3. The molecule has 5 rings (SSSR count). The lowest BCUT2D eigenvalue weighted by Gasteiger charge is -2.25. The van der Waals surface area contributed by atoms with Gasteiger partial charge < -0.3 is 24.8 Å². The number of ketones is 1. The predicted octanol–water partition coefficient (Wildman–Crippen LogP) is 5.53. The molecule has 1 fully saturated rings. The molecule has 0 aliphatic carbocycles. The van der Waals surface area contributed by atoms with E-state index in [0.29, 0.717) is 23.7 Å². The van der Waals surface area contributed by atoms with Crippen molar-refractivity contribution in [3.05, 3.63) is 101 Å². The van der Waals surface area contributed by atoms with Crippen LogP contribution in [0, 0.1) is 5.92 Å². The van der Waals surface area contributed by atoms with Crippen LogP contribution in [0.2, 0.25) is 0 Å². The van der Waals surface area contributed by atoms with E-state index in [9.17, 15) is 19.8 Å². The zero-order valence-electron chi connectivity index (χ0n) is 20.6. The standard InChI is InChI=1S/C30H28N2O5/c1-18(2)17-37-22-13-7-19(8-14-22)16-32-27(20-9-11-21(33)12-10-20)26(29(35)30(32)36)28(34)24-15-31-25-6-4-3-5-23(24)25/h3-15,18,27,31,33-34H,16-17H2,1-2H3/b28-26-. The van der Waals surface area contributed by atoms with Crippen molar-refractivity contribution < 1.29 is 24.5 Å². The number of phenolic OH excluding ortho intramolecular Hbond substituents is 1. The van der Waals surface area contributed by atoms with Gasteiger partial charge in [-0.3, -0.25) is 9.59 Å². The summed E-state index contributed by atoms with van der Waals surface area (Å²) in [5.41, 5.74) is 2.69. The molecule has 188 valence electrons. The number of likely N-dealkylation sites (tertiary alicyclic amines) is 1. The van der Waals surface area contributed by atoms with Gasteiger partial charge in [0.25, 0.3) is 11.7 Å². The number of nitrogens with one attached hydrogen (secondary N) is 1. The molecular weight excluding hydrogens is 468 g/mol. The number of aliphatic hydroxyl groups excluding tert-OH is 1. The second kappa shape index (κ2) is 9.85. The summed E-state index contributed by atoms with van der Waals surface area (Å²) in [4.78, 5) is 31.2. The molecule has 2 heterocycles. The number of phenols is 1. The fraction of sp³-hybridized carbons (Fsp3) is 0.200. The first-order valence-corrected chi connectivity index (χ1v) is 12.2. The molecular formula is C30H28N2O5.